The molecule has 7 heteroatoms. The molecule has 2 aromatic rings. The molecule has 132 valence electrons. The molecule has 0 fully saturated rings. The highest BCUT2D eigenvalue weighted by molar-refractivity contribution is 6.21. The number of aromatic hydroxyl groups is 1. The van der Waals surface area contributed by atoms with Crippen LogP contribution in [0, 0.1) is 4.91 Å². The second kappa shape index (κ2) is 6.27. The van der Waals surface area contributed by atoms with Gasteiger partial charge in [0, 0.05) is 47.9 Å². The minimum Gasteiger partial charge on any atom is -0.508 e. The number of phenolic OH excluding ortho intramolecular Hbond substituents is 1. The molecule has 2 heterocycles. The number of benzene rings is 1. The van der Waals surface area contributed by atoms with Crippen molar-refractivity contribution in [2.24, 2.45) is 5.18 Å². The number of nitrogens with one attached hydrogen (secondary N) is 2. The van der Waals surface area contributed by atoms with Gasteiger partial charge in [0.2, 0.25) is 0 Å². The van der Waals surface area contributed by atoms with Gasteiger partial charge in [-0.25, -0.2) is 0 Å². The molecule has 0 amide bonds. The zero-order valence-electron chi connectivity index (χ0n) is 14.6. The van der Waals surface area contributed by atoms with Crippen molar-refractivity contribution in [1.29, 1.82) is 0 Å². The highest BCUT2D eigenvalue weighted by atomic mass is 16.3. The Balaban J connectivity index is 2.05. The lowest BCUT2D eigenvalue weighted by atomic mass is 10.0. The number of hydrogen-bond donors (Lipinski definition) is 3. The second-order valence-corrected chi connectivity index (χ2v) is 6.57. The van der Waals surface area contributed by atoms with E-state index in [9.17, 15) is 10.0 Å². The standard InChI is InChI=1S/C19H19N5O2/c1-24(2)8-7-21-19-17-16(13-4-3-11(25)9-15(13)22-19)12-5-6-20-10-14(12)18(17)23-26/h3-6,9-10,21-22,25H,7-8H2,1-2H3. The molecular weight excluding hydrogens is 330 g/mol. The molecule has 0 spiro atoms. The van der Waals surface area contributed by atoms with Crippen LogP contribution in [0.1, 0.15) is 0 Å². The van der Waals surface area contributed by atoms with Crippen molar-refractivity contribution >= 4 is 33.2 Å². The number of fused-ring (bicyclic) bond motifs is 5. The molecule has 7 nitrogen and oxygen atoms in total. The molecule has 0 saturated heterocycles. The third kappa shape index (κ3) is 2.53. The lowest BCUT2D eigenvalue weighted by molar-refractivity contribution is 0.425. The number of nitrogens with zero attached hydrogens (tertiary/aromatic N) is 3. The quantitative estimate of drug-likeness (QED) is 0.475. The smallest absolute Gasteiger partial charge is 0.128 e. The Bertz CT molecular complexity index is 1090. The number of aromatic amines is 1. The summed E-state index contributed by atoms with van der Waals surface area (Å²) >= 11 is 0. The summed E-state index contributed by atoms with van der Waals surface area (Å²) < 4.78 is 0. The summed E-state index contributed by atoms with van der Waals surface area (Å²) in [4.78, 5) is 21.2. The molecule has 26 heavy (non-hydrogen) atoms. The molecule has 1 aliphatic carbocycles. The molecule has 4 rings (SSSR count). The van der Waals surface area contributed by atoms with Crippen LogP contribution in [0.5, 0.6) is 5.75 Å². The van der Waals surface area contributed by atoms with Crippen LogP contribution in [0.15, 0.2) is 41.8 Å². The van der Waals surface area contributed by atoms with E-state index in [4.69, 9.17) is 0 Å². The van der Waals surface area contributed by atoms with Gasteiger partial charge in [-0.1, -0.05) is 0 Å². The van der Waals surface area contributed by atoms with Crippen LogP contribution >= 0.6 is 0 Å². The third-order valence-electron chi connectivity index (χ3n) is 4.57. The lowest BCUT2D eigenvalue weighted by Gasteiger charge is -2.17. The summed E-state index contributed by atoms with van der Waals surface area (Å²) in [6, 6.07) is 7.06. The van der Waals surface area contributed by atoms with E-state index in [1.165, 1.54) is 0 Å². The monoisotopic (exact) mass is 349 g/mol. The van der Waals surface area contributed by atoms with E-state index in [1.807, 2.05) is 26.2 Å². The van der Waals surface area contributed by atoms with Gasteiger partial charge in [0.1, 0.15) is 17.3 Å². The van der Waals surface area contributed by atoms with Gasteiger partial charge in [0.15, 0.2) is 0 Å². The van der Waals surface area contributed by atoms with Gasteiger partial charge in [0.05, 0.1) is 11.1 Å². The molecule has 2 aliphatic rings. The topological polar surface area (TPSA) is 93.6 Å². The Morgan fingerprint density at radius 2 is 2.04 bits per heavy atom. The van der Waals surface area contributed by atoms with Crippen LogP contribution in [0.4, 0.5) is 11.5 Å². The molecule has 0 unspecified atom stereocenters. The fourth-order valence-corrected chi connectivity index (χ4v) is 3.39. The van der Waals surface area contributed by atoms with E-state index in [2.05, 4.69) is 25.4 Å². The first-order valence-corrected chi connectivity index (χ1v) is 8.36. The highest BCUT2D eigenvalue weighted by Crippen LogP contribution is 2.50. The molecule has 1 aromatic carbocycles. The average molecular weight is 349 g/mol. The Morgan fingerprint density at radius 3 is 2.81 bits per heavy atom. The fourth-order valence-electron chi connectivity index (χ4n) is 3.39. The Kier molecular flexibility index (Phi) is 3.93. The summed E-state index contributed by atoms with van der Waals surface area (Å²) in [5.74, 6) is 0.893. The van der Waals surface area contributed by atoms with E-state index in [1.54, 1.807) is 24.5 Å². The van der Waals surface area contributed by atoms with Crippen molar-refractivity contribution in [3.05, 3.63) is 41.6 Å². The van der Waals surface area contributed by atoms with E-state index in [-0.39, 0.29) is 5.75 Å². The minimum atomic E-state index is 0.179. The summed E-state index contributed by atoms with van der Waals surface area (Å²) in [5.41, 5.74) is 2.84. The maximum atomic E-state index is 11.7. The van der Waals surface area contributed by atoms with Crippen molar-refractivity contribution in [2.75, 3.05) is 32.5 Å². The predicted octanol–water partition coefficient (Wildman–Crippen LogP) is 3.90. The summed E-state index contributed by atoms with van der Waals surface area (Å²) in [6.07, 6.45) is 3.38. The molecule has 0 bridgehead atoms. The van der Waals surface area contributed by atoms with Gasteiger partial charge in [-0.15, -0.1) is 4.91 Å². The van der Waals surface area contributed by atoms with Crippen LogP contribution in [0.2, 0.25) is 0 Å². The predicted molar refractivity (Wildman–Crippen MR) is 104 cm³/mol. The Hall–Kier alpha value is -3.19. The number of likely N-dealkylation sites (N-methyl/N-ethyl adjacent to an activating group) is 1. The first kappa shape index (κ1) is 16.3. The molecule has 1 aromatic heterocycles. The van der Waals surface area contributed by atoms with Crippen molar-refractivity contribution in [3.63, 3.8) is 0 Å². The van der Waals surface area contributed by atoms with Gasteiger partial charge in [-0.05, 0) is 42.9 Å². The third-order valence-corrected chi connectivity index (χ3v) is 4.57. The number of rotatable bonds is 5. The Labute approximate surface area is 150 Å². The first-order valence-electron chi connectivity index (χ1n) is 8.36. The molecule has 3 N–H and O–H groups in total. The largest absolute Gasteiger partial charge is 0.508 e. The van der Waals surface area contributed by atoms with Crippen LogP contribution in [-0.2, 0) is 0 Å². The number of phenols is 1. The lowest BCUT2D eigenvalue weighted by Crippen LogP contribution is -2.21. The van der Waals surface area contributed by atoms with Crippen molar-refractivity contribution < 1.29 is 5.11 Å². The number of anilines is 1. The van der Waals surface area contributed by atoms with Crippen molar-refractivity contribution in [1.82, 2.24) is 14.9 Å². The molecule has 1 aliphatic heterocycles. The maximum Gasteiger partial charge on any atom is 0.128 e. The van der Waals surface area contributed by atoms with Crippen molar-refractivity contribution in [3.8, 4) is 16.9 Å². The van der Waals surface area contributed by atoms with Crippen LogP contribution in [0.3, 0.4) is 0 Å². The van der Waals surface area contributed by atoms with Gasteiger partial charge in [-0.2, -0.15) is 0 Å². The zero-order chi connectivity index (χ0) is 18.3. The molecule has 0 radical (unpaired) electrons. The van der Waals surface area contributed by atoms with Gasteiger partial charge >= 0.3 is 0 Å². The SMILES string of the molecule is CN(C)CCNc1[nH]c2cc(O)ccc2c2c3ccncc3c(N=O)c1-2. The van der Waals surface area contributed by atoms with Gasteiger partial charge in [-0.3, -0.25) is 4.98 Å². The van der Waals surface area contributed by atoms with Gasteiger partial charge in [0.25, 0.3) is 0 Å². The fraction of sp³-hybridized carbons (Fsp3) is 0.211. The van der Waals surface area contributed by atoms with E-state index < -0.39 is 0 Å². The summed E-state index contributed by atoms with van der Waals surface area (Å²) in [5, 5.41) is 19.1. The average Bonchev–Trinajstić information content (AvgIpc) is 2.96. The second-order valence-electron chi connectivity index (χ2n) is 6.57. The van der Waals surface area contributed by atoms with E-state index in [0.29, 0.717) is 18.1 Å². The zero-order valence-corrected chi connectivity index (χ0v) is 14.6. The number of pyridine rings is 2. The number of nitroso groups, excluding NO2 is 1. The minimum absolute atomic E-state index is 0.179. The van der Waals surface area contributed by atoms with Crippen molar-refractivity contribution in [2.45, 2.75) is 0 Å². The van der Waals surface area contributed by atoms with Crippen LogP contribution in [-0.4, -0.2) is 47.2 Å². The number of H-pyrrole nitrogens is 1. The van der Waals surface area contributed by atoms with Gasteiger partial charge < -0.3 is 20.3 Å². The Morgan fingerprint density at radius 1 is 1.19 bits per heavy atom. The maximum absolute atomic E-state index is 11.7. The van der Waals surface area contributed by atoms with E-state index in [0.717, 1.165) is 39.3 Å². The van der Waals surface area contributed by atoms with E-state index >= 15 is 0 Å². The molecule has 0 saturated carbocycles. The molecule has 0 atom stereocenters. The summed E-state index contributed by atoms with van der Waals surface area (Å²) in [7, 11) is 4.00. The molecular formula is C19H19N5O2. The highest BCUT2D eigenvalue weighted by Gasteiger charge is 2.25. The normalized spacial score (nSPS) is 11.7. The first-order chi connectivity index (χ1) is 12.6. The van der Waals surface area contributed by atoms with Crippen LogP contribution < -0.4 is 5.32 Å². The number of hydrogen-bond acceptors (Lipinski definition) is 6. The summed E-state index contributed by atoms with van der Waals surface area (Å²) in [6.45, 7) is 1.53. The van der Waals surface area contributed by atoms with Crippen LogP contribution in [0.25, 0.3) is 32.8 Å². The number of aromatic nitrogens is 2.